The average molecular weight is 371 g/mol. The van der Waals surface area contributed by atoms with Gasteiger partial charge in [0.05, 0.1) is 0 Å². The Morgan fingerprint density at radius 2 is 1.74 bits per heavy atom. The van der Waals surface area contributed by atoms with Gasteiger partial charge in [0.25, 0.3) is 0 Å². The van der Waals surface area contributed by atoms with Gasteiger partial charge in [0.1, 0.15) is 17.5 Å². The summed E-state index contributed by atoms with van der Waals surface area (Å²) in [4.78, 5) is 13.7. The summed E-state index contributed by atoms with van der Waals surface area (Å²) in [5.41, 5.74) is 2.30. The van der Waals surface area contributed by atoms with Crippen molar-refractivity contribution in [3.05, 3.63) is 36.2 Å². The summed E-state index contributed by atoms with van der Waals surface area (Å²) < 4.78 is 5.07. The summed E-state index contributed by atoms with van der Waals surface area (Å²) in [5.74, 6) is 2.36. The van der Waals surface area contributed by atoms with Crippen molar-refractivity contribution in [2.45, 2.75) is 13.3 Å². The van der Waals surface area contributed by atoms with Gasteiger partial charge in [-0.25, -0.2) is 9.97 Å². The van der Waals surface area contributed by atoms with E-state index in [-0.39, 0.29) is 0 Å². The number of hydrogen-bond acceptors (Lipinski definition) is 7. The molecule has 0 atom stereocenters. The quantitative estimate of drug-likeness (QED) is 0.693. The molecule has 7 nitrogen and oxygen atoms in total. The highest BCUT2D eigenvalue weighted by Crippen LogP contribution is 2.22. The molecule has 1 saturated heterocycles. The molecule has 0 saturated carbocycles. The molecule has 1 fully saturated rings. The van der Waals surface area contributed by atoms with Crippen LogP contribution in [0.2, 0.25) is 0 Å². The van der Waals surface area contributed by atoms with Crippen molar-refractivity contribution in [2.24, 2.45) is 0 Å². The fraction of sp³-hybridized carbons (Fsp3) is 0.500. The van der Waals surface area contributed by atoms with Crippen molar-refractivity contribution in [1.82, 2.24) is 14.9 Å². The zero-order valence-electron chi connectivity index (χ0n) is 16.5. The molecular formula is C20H30N6O. The minimum Gasteiger partial charge on any atom is -0.385 e. The standard InChI is InChI=1S/C20H30N6O/c1-16-22-19(21-9-4-14-27-3)15-20(23-16)24-17-5-7-18(8-6-17)26-12-10-25(2)11-13-26/h5-8,15H,4,9-14H2,1-3H3,(H2,21,22,23,24). The van der Waals surface area contributed by atoms with E-state index in [9.17, 15) is 0 Å². The summed E-state index contributed by atoms with van der Waals surface area (Å²) in [7, 11) is 3.89. The van der Waals surface area contributed by atoms with Crippen molar-refractivity contribution in [2.75, 3.05) is 69.0 Å². The highest BCUT2D eigenvalue weighted by atomic mass is 16.5. The Morgan fingerprint density at radius 1 is 1.04 bits per heavy atom. The number of anilines is 4. The lowest BCUT2D eigenvalue weighted by Gasteiger charge is -2.34. The van der Waals surface area contributed by atoms with E-state index in [1.54, 1.807) is 7.11 Å². The van der Waals surface area contributed by atoms with Crippen LogP contribution in [0.1, 0.15) is 12.2 Å². The van der Waals surface area contributed by atoms with Crippen molar-refractivity contribution in [1.29, 1.82) is 0 Å². The van der Waals surface area contributed by atoms with E-state index in [1.807, 2.05) is 13.0 Å². The van der Waals surface area contributed by atoms with Crippen LogP contribution in [0.15, 0.2) is 30.3 Å². The highest BCUT2D eigenvalue weighted by molar-refractivity contribution is 5.62. The van der Waals surface area contributed by atoms with E-state index >= 15 is 0 Å². The minimum atomic E-state index is 0.738. The first-order chi connectivity index (χ1) is 13.1. The average Bonchev–Trinajstić information content (AvgIpc) is 2.66. The molecule has 2 heterocycles. The molecule has 0 amide bonds. The van der Waals surface area contributed by atoms with Gasteiger partial charge < -0.3 is 25.2 Å². The Balaban J connectivity index is 1.60. The normalized spacial score (nSPS) is 15.0. The molecule has 0 bridgehead atoms. The van der Waals surface area contributed by atoms with Gasteiger partial charge in [0, 0.05) is 63.9 Å². The summed E-state index contributed by atoms with van der Waals surface area (Å²) in [6, 6.07) is 10.5. The predicted molar refractivity (Wildman–Crippen MR) is 111 cm³/mol. The monoisotopic (exact) mass is 370 g/mol. The Morgan fingerprint density at radius 3 is 2.44 bits per heavy atom. The lowest BCUT2D eigenvalue weighted by molar-refractivity contribution is 0.198. The first-order valence-corrected chi connectivity index (χ1v) is 9.53. The third-order valence-electron chi connectivity index (χ3n) is 4.68. The minimum absolute atomic E-state index is 0.738. The second-order valence-corrected chi connectivity index (χ2v) is 6.92. The fourth-order valence-corrected chi connectivity index (χ4v) is 3.12. The first kappa shape index (κ1) is 19.4. The SMILES string of the molecule is COCCCNc1cc(Nc2ccc(N3CCN(C)CC3)cc2)nc(C)n1. The van der Waals surface area contributed by atoms with Gasteiger partial charge in [0.15, 0.2) is 0 Å². The second-order valence-electron chi connectivity index (χ2n) is 6.92. The summed E-state index contributed by atoms with van der Waals surface area (Å²) in [5, 5.41) is 6.70. The van der Waals surface area contributed by atoms with Crippen molar-refractivity contribution < 1.29 is 4.74 Å². The number of likely N-dealkylation sites (N-methyl/N-ethyl adjacent to an activating group) is 1. The molecule has 146 valence electrons. The summed E-state index contributed by atoms with van der Waals surface area (Å²) in [6.07, 6.45) is 0.941. The summed E-state index contributed by atoms with van der Waals surface area (Å²) in [6.45, 7) is 7.84. The molecule has 1 aromatic carbocycles. The molecule has 1 aliphatic heterocycles. The van der Waals surface area contributed by atoms with Gasteiger partial charge in [-0.15, -0.1) is 0 Å². The van der Waals surface area contributed by atoms with Gasteiger partial charge in [-0.1, -0.05) is 0 Å². The number of methoxy groups -OCH3 is 1. The van der Waals surface area contributed by atoms with Gasteiger partial charge in [-0.05, 0) is 44.7 Å². The van der Waals surface area contributed by atoms with Crippen LogP contribution in [0, 0.1) is 6.92 Å². The van der Waals surface area contributed by atoms with E-state index in [0.717, 1.165) is 68.9 Å². The van der Waals surface area contributed by atoms with Crippen LogP contribution in [0.5, 0.6) is 0 Å². The lowest BCUT2D eigenvalue weighted by Crippen LogP contribution is -2.44. The van der Waals surface area contributed by atoms with Crippen molar-refractivity contribution >= 4 is 23.0 Å². The molecule has 1 aliphatic rings. The third-order valence-corrected chi connectivity index (χ3v) is 4.68. The topological polar surface area (TPSA) is 65.6 Å². The molecule has 0 radical (unpaired) electrons. The number of nitrogens with one attached hydrogen (secondary N) is 2. The molecular weight excluding hydrogens is 340 g/mol. The molecule has 2 N–H and O–H groups in total. The zero-order chi connectivity index (χ0) is 19.1. The molecule has 27 heavy (non-hydrogen) atoms. The fourth-order valence-electron chi connectivity index (χ4n) is 3.12. The van der Waals surface area contributed by atoms with Gasteiger partial charge >= 0.3 is 0 Å². The smallest absolute Gasteiger partial charge is 0.136 e. The van der Waals surface area contributed by atoms with E-state index in [2.05, 4.69) is 61.7 Å². The van der Waals surface area contributed by atoms with E-state index in [0.29, 0.717) is 0 Å². The Bertz CT molecular complexity index is 713. The van der Waals surface area contributed by atoms with Crippen LogP contribution in [-0.4, -0.2) is 68.4 Å². The van der Waals surface area contributed by atoms with Gasteiger partial charge in [-0.2, -0.15) is 0 Å². The van der Waals surface area contributed by atoms with Crippen LogP contribution in [0.3, 0.4) is 0 Å². The maximum atomic E-state index is 5.07. The molecule has 7 heteroatoms. The number of aromatic nitrogens is 2. The van der Waals surface area contributed by atoms with E-state index < -0.39 is 0 Å². The van der Waals surface area contributed by atoms with Crippen LogP contribution in [0.25, 0.3) is 0 Å². The lowest BCUT2D eigenvalue weighted by atomic mass is 10.2. The number of benzene rings is 1. The molecule has 0 spiro atoms. The molecule has 2 aromatic rings. The second kappa shape index (κ2) is 9.53. The number of ether oxygens (including phenoxy) is 1. The van der Waals surface area contributed by atoms with Crippen LogP contribution in [0.4, 0.5) is 23.0 Å². The van der Waals surface area contributed by atoms with Crippen LogP contribution >= 0.6 is 0 Å². The Hall–Kier alpha value is -2.38. The van der Waals surface area contributed by atoms with Gasteiger partial charge in [0.2, 0.25) is 0 Å². The largest absolute Gasteiger partial charge is 0.385 e. The Kier molecular flexibility index (Phi) is 6.84. The maximum Gasteiger partial charge on any atom is 0.136 e. The van der Waals surface area contributed by atoms with E-state index in [1.165, 1.54) is 5.69 Å². The number of piperazine rings is 1. The molecule has 3 rings (SSSR count). The number of hydrogen-bond donors (Lipinski definition) is 2. The third kappa shape index (κ3) is 5.80. The maximum absolute atomic E-state index is 5.07. The van der Waals surface area contributed by atoms with Crippen LogP contribution < -0.4 is 15.5 Å². The van der Waals surface area contributed by atoms with Crippen LogP contribution in [-0.2, 0) is 4.74 Å². The predicted octanol–water partition coefficient (Wildman–Crippen LogP) is 2.73. The van der Waals surface area contributed by atoms with E-state index in [4.69, 9.17) is 4.74 Å². The molecule has 0 unspecified atom stereocenters. The number of nitrogens with zero attached hydrogens (tertiary/aromatic N) is 4. The number of aryl methyl sites for hydroxylation is 1. The van der Waals surface area contributed by atoms with Crippen molar-refractivity contribution in [3.8, 4) is 0 Å². The number of rotatable bonds is 8. The molecule has 1 aromatic heterocycles. The zero-order valence-corrected chi connectivity index (χ0v) is 16.5. The first-order valence-electron chi connectivity index (χ1n) is 9.53. The summed E-state index contributed by atoms with van der Waals surface area (Å²) >= 11 is 0. The molecule has 0 aliphatic carbocycles. The highest BCUT2D eigenvalue weighted by Gasteiger charge is 2.14. The van der Waals surface area contributed by atoms with Gasteiger partial charge in [-0.3, -0.25) is 0 Å². The van der Waals surface area contributed by atoms with Crippen molar-refractivity contribution in [3.63, 3.8) is 0 Å². The Labute approximate surface area is 161 Å².